The Labute approximate surface area is 173 Å². The van der Waals surface area contributed by atoms with E-state index in [9.17, 15) is 35.5 Å². The Morgan fingerprint density at radius 3 is 2.32 bits per heavy atom. The van der Waals surface area contributed by atoms with Gasteiger partial charge in [0.2, 0.25) is 0 Å². The van der Waals surface area contributed by atoms with Crippen molar-refractivity contribution in [3.05, 3.63) is 63.8 Å². The van der Waals surface area contributed by atoms with Crippen LogP contribution < -0.4 is 5.32 Å². The van der Waals surface area contributed by atoms with E-state index in [-0.39, 0.29) is 23.5 Å². The van der Waals surface area contributed by atoms with Gasteiger partial charge in [0.05, 0.1) is 28.3 Å². The van der Waals surface area contributed by atoms with Crippen LogP contribution >= 0.6 is 11.6 Å². The molecule has 14 heteroatoms. The molecular formula is C17H8ClF7N4O2. The average molecular weight is 469 g/mol. The lowest BCUT2D eigenvalue weighted by atomic mass is 10.1. The second kappa shape index (κ2) is 8.13. The van der Waals surface area contributed by atoms with Gasteiger partial charge in [-0.1, -0.05) is 16.8 Å². The van der Waals surface area contributed by atoms with Gasteiger partial charge < -0.3 is 9.84 Å². The third-order valence-corrected chi connectivity index (χ3v) is 4.08. The van der Waals surface area contributed by atoms with E-state index in [1.807, 2.05) is 0 Å². The molecule has 164 valence electrons. The zero-order valence-electron chi connectivity index (χ0n) is 14.8. The average Bonchev–Trinajstić information content (AvgIpc) is 3.13. The van der Waals surface area contributed by atoms with Crippen LogP contribution in [-0.2, 0) is 18.9 Å². The van der Waals surface area contributed by atoms with Crippen molar-refractivity contribution in [1.29, 1.82) is 0 Å². The maximum atomic E-state index is 13.8. The summed E-state index contributed by atoms with van der Waals surface area (Å²) in [5.74, 6) is -2.96. The Balaban J connectivity index is 1.70. The molecule has 0 aliphatic heterocycles. The van der Waals surface area contributed by atoms with Crippen LogP contribution in [0.5, 0.6) is 0 Å². The van der Waals surface area contributed by atoms with Gasteiger partial charge in [-0.2, -0.15) is 31.3 Å². The van der Waals surface area contributed by atoms with Gasteiger partial charge in [-0.25, -0.2) is 9.37 Å². The topological polar surface area (TPSA) is 80.9 Å². The van der Waals surface area contributed by atoms with Gasteiger partial charge in [-0.3, -0.25) is 4.79 Å². The maximum Gasteiger partial charge on any atom is 0.417 e. The first kappa shape index (κ1) is 22.5. The van der Waals surface area contributed by atoms with Gasteiger partial charge in [0, 0.05) is 6.20 Å². The fraction of sp³-hybridized carbons (Fsp3) is 0.176. The summed E-state index contributed by atoms with van der Waals surface area (Å²) in [7, 11) is 0. The number of hydrogen-bond donors (Lipinski definition) is 1. The highest BCUT2D eigenvalue weighted by molar-refractivity contribution is 6.32. The Kier molecular flexibility index (Phi) is 5.89. The fourth-order valence-electron chi connectivity index (χ4n) is 2.30. The lowest BCUT2D eigenvalue weighted by molar-refractivity contribution is -0.138. The first-order chi connectivity index (χ1) is 14.4. The third-order valence-electron chi connectivity index (χ3n) is 3.79. The summed E-state index contributed by atoms with van der Waals surface area (Å²) < 4.78 is 94.3. The molecule has 1 amide bonds. The number of pyridine rings is 1. The molecule has 0 bridgehead atoms. The molecule has 1 aromatic carbocycles. The van der Waals surface area contributed by atoms with E-state index < -0.39 is 52.3 Å². The van der Waals surface area contributed by atoms with Crippen molar-refractivity contribution >= 4 is 17.5 Å². The van der Waals surface area contributed by atoms with Crippen molar-refractivity contribution in [2.45, 2.75) is 18.9 Å². The van der Waals surface area contributed by atoms with E-state index in [2.05, 4.69) is 20.4 Å². The van der Waals surface area contributed by atoms with Crippen LogP contribution in [0.3, 0.4) is 0 Å². The maximum absolute atomic E-state index is 13.8. The van der Waals surface area contributed by atoms with Crippen molar-refractivity contribution in [1.82, 2.24) is 20.4 Å². The minimum absolute atomic E-state index is 0.173. The number of hydrogen-bond acceptors (Lipinski definition) is 5. The van der Waals surface area contributed by atoms with E-state index >= 15 is 0 Å². The highest BCUT2D eigenvalue weighted by Gasteiger charge is 2.33. The molecule has 0 saturated carbocycles. The third kappa shape index (κ3) is 5.10. The lowest BCUT2D eigenvalue weighted by Crippen LogP contribution is -2.24. The number of rotatable bonds is 4. The van der Waals surface area contributed by atoms with Gasteiger partial charge in [0.25, 0.3) is 11.8 Å². The van der Waals surface area contributed by atoms with Crippen molar-refractivity contribution in [3.8, 4) is 11.6 Å². The summed E-state index contributed by atoms with van der Waals surface area (Å²) in [6, 6.07) is 2.01. The van der Waals surface area contributed by atoms with Gasteiger partial charge in [0.15, 0.2) is 5.82 Å². The zero-order chi connectivity index (χ0) is 23.0. The standard InChI is InChI=1S/C17H8ClF7N4O2/c18-10-3-8(17(23,24)25)5-26-13(10)15-28-12(29-31-15)6-27-14(30)9-2-1-7(4-11(9)19)16(20,21)22/h1-5H,6H2,(H,27,30). The molecule has 0 radical (unpaired) electrons. The molecule has 0 atom stereocenters. The van der Waals surface area contributed by atoms with Gasteiger partial charge in [-0.05, 0) is 24.3 Å². The summed E-state index contributed by atoms with van der Waals surface area (Å²) >= 11 is 5.77. The van der Waals surface area contributed by atoms with Crippen LogP contribution in [-0.4, -0.2) is 21.0 Å². The van der Waals surface area contributed by atoms with Crippen LogP contribution in [0.1, 0.15) is 27.3 Å². The van der Waals surface area contributed by atoms with Gasteiger partial charge in [0.1, 0.15) is 11.5 Å². The molecule has 1 N–H and O–H groups in total. The number of halogens is 8. The first-order valence-electron chi connectivity index (χ1n) is 8.07. The molecule has 0 fully saturated rings. The largest absolute Gasteiger partial charge is 0.417 e. The Bertz CT molecular complexity index is 1130. The van der Waals surface area contributed by atoms with E-state index in [1.165, 1.54) is 0 Å². The molecule has 6 nitrogen and oxygen atoms in total. The molecular weight excluding hydrogens is 461 g/mol. The summed E-state index contributed by atoms with van der Waals surface area (Å²) in [5.41, 5.74) is -3.24. The number of nitrogens with zero attached hydrogens (tertiary/aromatic N) is 3. The molecule has 0 aliphatic carbocycles. The molecule has 2 heterocycles. The SMILES string of the molecule is O=C(NCc1noc(-c2ncc(C(F)(F)F)cc2Cl)n1)c1ccc(C(F)(F)F)cc1F. The van der Waals surface area contributed by atoms with Gasteiger partial charge in [-0.15, -0.1) is 0 Å². The summed E-state index contributed by atoms with van der Waals surface area (Å²) in [4.78, 5) is 19.3. The van der Waals surface area contributed by atoms with E-state index in [1.54, 1.807) is 0 Å². The number of carbonyl (C=O) groups is 1. The van der Waals surface area contributed by atoms with Crippen LogP contribution in [0, 0.1) is 5.82 Å². The highest BCUT2D eigenvalue weighted by Crippen LogP contribution is 2.33. The van der Waals surface area contributed by atoms with E-state index in [0.29, 0.717) is 24.4 Å². The predicted octanol–water partition coefficient (Wildman–Crippen LogP) is 4.89. The number of benzene rings is 1. The smallest absolute Gasteiger partial charge is 0.345 e. The quantitative estimate of drug-likeness (QED) is 0.551. The molecule has 0 aliphatic rings. The summed E-state index contributed by atoms with van der Waals surface area (Å²) in [6.07, 6.45) is -8.92. The molecule has 2 aromatic heterocycles. The number of aromatic nitrogens is 3. The van der Waals surface area contributed by atoms with Crippen molar-refractivity contribution < 1.29 is 40.1 Å². The van der Waals surface area contributed by atoms with Crippen LogP contribution in [0.4, 0.5) is 30.7 Å². The molecule has 31 heavy (non-hydrogen) atoms. The number of nitrogens with one attached hydrogen (secondary N) is 1. The molecule has 3 rings (SSSR count). The van der Waals surface area contributed by atoms with Gasteiger partial charge >= 0.3 is 12.4 Å². The second-order valence-corrected chi connectivity index (χ2v) is 6.35. The Hall–Kier alpha value is -3.22. The monoisotopic (exact) mass is 468 g/mol. The Morgan fingerprint density at radius 1 is 1.06 bits per heavy atom. The number of carbonyl (C=O) groups excluding carboxylic acids is 1. The molecule has 0 spiro atoms. The summed E-state index contributed by atoms with van der Waals surface area (Å²) in [6.45, 7) is -0.430. The van der Waals surface area contributed by atoms with Crippen LogP contribution in [0.25, 0.3) is 11.6 Å². The molecule has 0 unspecified atom stereocenters. The van der Waals surface area contributed by atoms with Crippen molar-refractivity contribution in [2.75, 3.05) is 0 Å². The van der Waals surface area contributed by atoms with E-state index in [0.717, 1.165) is 0 Å². The fourth-order valence-corrected chi connectivity index (χ4v) is 2.55. The minimum Gasteiger partial charge on any atom is -0.345 e. The normalized spacial score (nSPS) is 12.1. The first-order valence-corrected chi connectivity index (χ1v) is 8.44. The van der Waals surface area contributed by atoms with Crippen LogP contribution in [0.2, 0.25) is 5.02 Å². The lowest BCUT2D eigenvalue weighted by Gasteiger charge is -2.09. The van der Waals surface area contributed by atoms with Crippen LogP contribution in [0.15, 0.2) is 35.0 Å². The predicted molar refractivity (Wildman–Crippen MR) is 90.1 cm³/mol. The number of amides is 1. The highest BCUT2D eigenvalue weighted by atomic mass is 35.5. The number of alkyl halides is 6. The minimum atomic E-state index is -4.77. The second-order valence-electron chi connectivity index (χ2n) is 5.94. The van der Waals surface area contributed by atoms with Crippen molar-refractivity contribution in [2.24, 2.45) is 0 Å². The van der Waals surface area contributed by atoms with E-state index in [4.69, 9.17) is 16.1 Å². The molecule has 0 saturated heterocycles. The molecule has 3 aromatic rings. The Morgan fingerprint density at radius 2 is 1.74 bits per heavy atom. The summed E-state index contributed by atoms with van der Waals surface area (Å²) in [5, 5.41) is 5.23. The zero-order valence-corrected chi connectivity index (χ0v) is 15.5. The van der Waals surface area contributed by atoms with Crippen molar-refractivity contribution in [3.63, 3.8) is 0 Å².